The SMILES string of the molecule is O=C1NCc2cc(Cl)cc(F)c21. The van der Waals surface area contributed by atoms with Crippen molar-refractivity contribution >= 4 is 17.5 Å². The fourth-order valence-corrected chi connectivity index (χ4v) is 1.51. The number of benzene rings is 1. The number of hydrogen-bond donors (Lipinski definition) is 1. The molecular formula is C8H5ClFNO. The Morgan fingerprint density at radius 2 is 2.25 bits per heavy atom. The van der Waals surface area contributed by atoms with Crippen LogP contribution in [0.2, 0.25) is 5.02 Å². The Labute approximate surface area is 73.3 Å². The van der Waals surface area contributed by atoms with Crippen LogP contribution >= 0.6 is 11.6 Å². The van der Waals surface area contributed by atoms with E-state index in [1.165, 1.54) is 0 Å². The standard InChI is InChI=1S/C8H5ClFNO/c9-5-1-4-3-11-8(12)7(4)6(10)2-5/h1-2H,3H2,(H,11,12). The normalized spacial score (nSPS) is 14.3. The van der Waals surface area contributed by atoms with Gasteiger partial charge in [-0.25, -0.2) is 4.39 Å². The molecule has 0 fully saturated rings. The molecule has 0 spiro atoms. The van der Waals surface area contributed by atoms with Gasteiger partial charge in [0.15, 0.2) is 0 Å². The van der Waals surface area contributed by atoms with E-state index in [2.05, 4.69) is 5.32 Å². The second kappa shape index (κ2) is 2.45. The molecule has 1 amide bonds. The van der Waals surface area contributed by atoms with Gasteiger partial charge in [0.25, 0.3) is 5.91 Å². The summed E-state index contributed by atoms with van der Waals surface area (Å²) >= 11 is 5.60. The Balaban J connectivity index is 2.68. The quantitative estimate of drug-likeness (QED) is 0.655. The molecule has 62 valence electrons. The number of rotatable bonds is 0. The van der Waals surface area contributed by atoms with E-state index < -0.39 is 5.82 Å². The number of nitrogens with one attached hydrogen (secondary N) is 1. The number of amides is 1. The summed E-state index contributed by atoms with van der Waals surface area (Å²) in [5.74, 6) is -0.910. The minimum Gasteiger partial charge on any atom is -0.348 e. The van der Waals surface area contributed by atoms with Gasteiger partial charge in [0.05, 0.1) is 5.56 Å². The molecule has 1 aliphatic heterocycles. The molecule has 0 aromatic heterocycles. The molecule has 0 aliphatic carbocycles. The van der Waals surface area contributed by atoms with Crippen LogP contribution in [0, 0.1) is 5.82 Å². The van der Waals surface area contributed by atoms with Gasteiger partial charge >= 0.3 is 0 Å². The highest BCUT2D eigenvalue weighted by atomic mass is 35.5. The van der Waals surface area contributed by atoms with Gasteiger partial charge in [-0.15, -0.1) is 0 Å². The molecule has 1 aliphatic rings. The molecule has 1 N–H and O–H groups in total. The molecule has 2 nitrogen and oxygen atoms in total. The molecule has 2 rings (SSSR count). The molecular weight excluding hydrogens is 181 g/mol. The van der Waals surface area contributed by atoms with Crippen LogP contribution in [0.4, 0.5) is 4.39 Å². The van der Waals surface area contributed by atoms with Crippen LogP contribution in [-0.2, 0) is 6.54 Å². The molecule has 0 atom stereocenters. The summed E-state index contributed by atoms with van der Waals surface area (Å²) in [6.07, 6.45) is 0. The zero-order chi connectivity index (χ0) is 8.72. The lowest BCUT2D eigenvalue weighted by Crippen LogP contribution is -2.13. The van der Waals surface area contributed by atoms with Gasteiger partial charge in [0, 0.05) is 11.6 Å². The monoisotopic (exact) mass is 185 g/mol. The second-order valence-corrected chi connectivity index (χ2v) is 3.04. The average Bonchev–Trinajstić information content (AvgIpc) is 2.31. The first kappa shape index (κ1) is 7.55. The fourth-order valence-electron chi connectivity index (χ4n) is 1.28. The second-order valence-electron chi connectivity index (χ2n) is 2.60. The van der Waals surface area contributed by atoms with Crippen molar-refractivity contribution in [2.75, 3.05) is 0 Å². The Bertz CT molecular complexity index is 364. The van der Waals surface area contributed by atoms with Crippen molar-refractivity contribution in [3.63, 3.8) is 0 Å². The molecule has 4 heteroatoms. The summed E-state index contributed by atoms with van der Waals surface area (Å²) in [5, 5.41) is 2.84. The number of halogens is 2. The van der Waals surface area contributed by atoms with E-state index in [1.54, 1.807) is 6.07 Å². The molecule has 0 radical (unpaired) electrons. The molecule has 0 saturated heterocycles. The van der Waals surface area contributed by atoms with Crippen molar-refractivity contribution in [2.24, 2.45) is 0 Å². The van der Waals surface area contributed by atoms with Crippen LogP contribution in [0.15, 0.2) is 12.1 Å². The fraction of sp³-hybridized carbons (Fsp3) is 0.125. The van der Waals surface area contributed by atoms with Crippen molar-refractivity contribution in [2.45, 2.75) is 6.54 Å². The van der Waals surface area contributed by atoms with Crippen molar-refractivity contribution in [3.8, 4) is 0 Å². The first-order valence-electron chi connectivity index (χ1n) is 3.44. The predicted molar refractivity (Wildman–Crippen MR) is 42.6 cm³/mol. The van der Waals surface area contributed by atoms with Gasteiger partial charge in [-0.05, 0) is 17.7 Å². The third-order valence-electron chi connectivity index (χ3n) is 1.80. The Morgan fingerprint density at radius 3 is 3.00 bits per heavy atom. The number of carbonyl (C=O) groups excluding carboxylic acids is 1. The molecule has 12 heavy (non-hydrogen) atoms. The summed E-state index contributed by atoms with van der Waals surface area (Å²) in [7, 11) is 0. The largest absolute Gasteiger partial charge is 0.348 e. The van der Waals surface area contributed by atoms with E-state index in [0.29, 0.717) is 17.1 Å². The number of hydrogen-bond acceptors (Lipinski definition) is 1. The topological polar surface area (TPSA) is 29.1 Å². The summed E-state index contributed by atoms with van der Waals surface area (Å²) in [6, 6.07) is 2.74. The molecule has 1 heterocycles. The van der Waals surface area contributed by atoms with Crippen LogP contribution in [0.1, 0.15) is 15.9 Å². The lowest BCUT2D eigenvalue weighted by atomic mass is 10.1. The maximum Gasteiger partial charge on any atom is 0.254 e. The van der Waals surface area contributed by atoms with Crippen LogP contribution in [-0.4, -0.2) is 5.91 Å². The third-order valence-corrected chi connectivity index (χ3v) is 2.02. The van der Waals surface area contributed by atoms with Crippen LogP contribution in [0.5, 0.6) is 0 Å². The smallest absolute Gasteiger partial charge is 0.254 e. The van der Waals surface area contributed by atoms with Gasteiger partial charge in [-0.1, -0.05) is 11.6 Å². The van der Waals surface area contributed by atoms with Gasteiger partial charge in [0.1, 0.15) is 5.82 Å². The third kappa shape index (κ3) is 0.975. The van der Waals surface area contributed by atoms with Crippen molar-refractivity contribution in [1.82, 2.24) is 5.32 Å². The number of fused-ring (bicyclic) bond motifs is 1. The zero-order valence-electron chi connectivity index (χ0n) is 6.03. The van der Waals surface area contributed by atoms with E-state index >= 15 is 0 Å². The van der Waals surface area contributed by atoms with Crippen LogP contribution in [0.3, 0.4) is 0 Å². The van der Waals surface area contributed by atoms with Gasteiger partial charge < -0.3 is 5.32 Å². The van der Waals surface area contributed by atoms with Crippen molar-refractivity contribution < 1.29 is 9.18 Å². The molecule has 1 aromatic rings. The van der Waals surface area contributed by atoms with E-state index in [-0.39, 0.29) is 11.5 Å². The summed E-state index contributed by atoms with van der Waals surface area (Å²) in [5.41, 5.74) is 0.754. The maximum atomic E-state index is 13.1. The highest BCUT2D eigenvalue weighted by Gasteiger charge is 2.23. The van der Waals surface area contributed by atoms with Crippen molar-refractivity contribution in [1.29, 1.82) is 0 Å². The number of carbonyl (C=O) groups is 1. The predicted octanol–water partition coefficient (Wildman–Crippen LogP) is 1.72. The summed E-state index contributed by atoms with van der Waals surface area (Å²) in [6.45, 7) is 0.367. The molecule has 0 bridgehead atoms. The maximum absolute atomic E-state index is 13.1. The first-order chi connectivity index (χ1) is 5.68. The highest BCUT2D eigenvalue weighted by Crippen LogP contribution is 2.23. The Hall–Kier alpha value is -1.09. The zero-order valence-corrected chi connectivity index (χ0v) is 6.78. The minimum absolute atomic E-state index is 0.124. The molecule has 0 unspecified atom stereocenters. The molecule has 0 saturated carbocycles. The van der Waals surface area contributed by atoms with Crippen LogP contribution < -0.4 is 5.32 Å². The van der Waals surface area contributed by atoms with E-state index in [4.69, 9.17) is 11.6 Å². The highest BCUT2D eigenvalue weighted by molar-refractivity contribution is 6.30. The Kier molecular flexibility index (Phi) is 1.54. The van der Waals surface area contributed by atoms with E-state index in [0.717, 1.165) is 6.07 Å². The van der Waals surface area contributed by atoms with Crippen molar-refractivity contribution in [3.05, 3.63) is 34.1 Å². The van der Waals surface area contributed by atoms with E-state index in [1.807, 2.05) is 0 Å². The summed E-state index contributed by atoms with van der Waals surface area (Å²) < 4.78 is 13.1. The lowest BCUT2D eigenvalue weighted by Gasteiger charge is -1.97. The van der Waals surface area contributed by atoms with Gasteiger partial charge in [-0.3, -0.25) is 4.79 Å². The average molecular weight is 186 g/mol. The first-order valence-corrected chi connectivity index (χ1v) is 3.82. The Morgan fingerprint density at radius 1 is 1.50 bits per heavy atom. The van der Waals surface area contributed by atoms with Gasteiger partial charge in [-0.2, -0.15) is 0 Å². The van der Waals surface area contributed by atoms with E-state index in [9.17, 15) is 9.18 Å². The summed E-state index contributed by atoms with van der Waals surface area (Å²) in [4.78, 5) is 11.0. The van der Waals surface area contributed by atoms with Gasteiger partial charge in [0.2, 0.25) is 0 Å². The minimum atomic E-state index is -0.549. The molecule has 1 aromatic carbocycles. The lowest BCUT2D eigenvalue weighted by molar-refractivity contribution is 0.0962. The van der Waals surface area contributed by atoms with Crippen LogP contribution in [0.25, 0.3) is 0 Å².